The molecule has 156 valence electrons. The van der Waals surface area contributed by atoms with Gasteiger partial charge in [-0.15, -0.1) is 0 Å². The molecule has 3 rings (SSSR count). The number of rotatable bonds is 8. The van der Waals surface area contributed by atoms with Crippen LogP contribution in [0.1, 0.15) is 51.2 Å². The quantitative estimate of drug-likeness (QED) is 0.695. The summed E-state index contributed by atoms with van der Waals surface area (Å²) in [7, 11) is 0. The van der Waals surface area contributed by atoms with Crippen LogP contribution in [0.5, 0.6) is 0 Å². The van der Waals surface area contributed by atoms with Crippen molar-refractivity contribution in [3.05, 3.63) is 35.4 Å². The zero-order chi connectivity index (χ0) is 20.0. The summed E-state index contributed by atoms with van der Waals surface area (Å²) in [5.41, 5.74) is 2.87. The number of carbonyl (C=O) groups is 1. The molecule has 0 spiro atoms. The summed E-state index contributed by atoms with van der Waals surface area (Å²) in [6, 6.07) is 8.79. The Morgan fingerprint density at radius 3 is 2.82 bits per heavy atom. The predicted octanol–water partition coefficient (Wildman–Crippen LogP) is 3.16. The molecule has 2 aliphatic heterocycles. The van der Waals surface area contributed by atoms with Crippen molar-refractivity contribution in [2.75, 3.05) is 32.9 Å². The summed E-state index contributed by atoms with van der Waals surface area (Å²) >= 11 is 0. The van der Waals surface area contributed by atoms with Crippen LogP contribution in [0.2, 0.25) is 0 Å². The van der Waals surface area contributed by atoms with Crippen LogP contribution in [0.15, 0.2) is 24.3 Å². The van der Waals surface area contributed by atoms with Gasteiger partial charge in [0.25, 0.3) is 0 Å². The Kier molecular flexibility index (Phi) is 7.49. The molecule has 1 aromatic rings. The fourth-order valence-corrected chi connectivity index (χ4v) is 3.93. The summed E-state index contributed by atoms with van der Waals surface area (Å²) in [6.07, 6.45) is 3.88. The van der Waals surface area contributed by atoms with Gasteiger partial charge < -0.3 is 14.8 Å². The summed E-state index contributed by atoms with van der Waals surface area (Å²) in [4.78, 5) is 15.0. The van der Waals surface area contributed by atoms with Crippen molar-refractivity contribution >= 4 is 5.91 Å². The van der Waals surface area contributed by atoms with Crippen LogP contribution in [0.4, 0.5) is 0 Å². The standard InChI is InChI=1S/C23H36N2O3/c1-23(2,3)21(16-25-12-10-18-7-4-5-8-19(18)15-25)24-22(26)11-14-27-17-20-9-6-13-28-20/h4-5,7-8,20-21H,6,9-17H2,1-3H3,(H,24,26). The third-order valence-corrected chi connectivity index (χ3v) is 5.83. The topological polar surface area (TPSA) is 50.8 Å². The van der Waals surface area contributed by atoms with Crippen LogP contribution in [0, 0.1) is 5.41 Å². The lowest BCUT2D eigenvalue weighted by atomic mass is 9.85. The largest absolute Gasteiger partial charge is 0.378 e. The summed E-state index contributed by atoms with van der Waals surface area (Å²) < 4.78 is 11.2. The van der Waals surface area contributed by atoms with Gasteiger partial charge in [0.05, 0.1) is 19.3 Å². The number of hydrogen-bond donors (Lipinski definition) is 1. The summed E-state index contributed by atoms with van der Waals surface area (Å²) in [5.74, 6) is 0.0738. The average molecular weight is 389 g/mol. The highest BCUT2D eigenvalue weighted by Crippen LogP contribution is 2.24. The van der Waals surface area contributed by atoms with E-state index < -0.39 is 0 Å². The minimum atomic E-state index is 0.00513. The van der Waals surface area contributed by atoms with Crippen molar-refractivity contribution < 1.29 is 14.3 Å². The molecule has 2 aliphatic rings. The van der Waals surface area contributed by atoms with Crippen LogP contribution in [0.3, 0.4) is 0 Å². The second-order valence-corrected chi connectivity index (χ2v) is 9.20. The molecule has 1 N–H and O–H groups in total. The maximum Gasteiger partial charge on any atom is 0.222 e. The van der Waals surface area contributed by atoms with Gasteiger partial charge >= 0.3 is 0 Å². The highest BCUT2D eigenvalue weighted by Gasteiger charge is 2.29. The van der Waals surface area contributed by atoms with E-state index >= 15 is 0 Å². The molecule has 0 radical (unpaired) electrons. The predicted molar refractivity (Wildman–Crippen MR) is 111 cm³/mol. The van der Waals surface area contributed by atoms with Crippen LogP contribution in [0.25, 0.3) is 0 Å². The van der Waals surface area contributed by atoms with Gasteiger partial charge in [0.2, 0.25) is 5.91 Å². The zero-order valence-corrected chi connectivity index (χ0v) is 17.7. The van der Waals surface area contributed by atoms with Crippen molar-refractivity contribution in [1.29, 1.82) is 0 Å². The van der Waals surface area contributed by atoms with Crippen LogP contribution in [-0.4, -0.2) is 55.9 Å². The number of nitrogens with one attached hydrogen (secondary N) is 1. The summed E-state index contributed by atoms with van der Waals surface area (Å²) in [6.45, 7) is 11.4. The molecule has 1 saturated heterocycles. The van der Waals surface area contributed by atoms with Crippen molar-refractivity contribution in [1.82, 2.24) is 10.2 Å². The van der Waals surface area contributed by atoms with E-state index in [4.69, 9.17) is 9.47 Å². The lowest BCUT2D eigenvalue weighted by Gasteiger charge is -2.38. The number of benzene rings is 1. The van der Waals surface area contributed by atoms with E-state index in [0.717, 1.165) is 45.5 Å². The van der Waals surface area contributed by atoms with Gasteiger partial charge in [-0.1, -0.05) is 45.0 Å². The molecule has 5 nitrogen and oxygen atoms in total. The first-order valence-electron chi connectivity index (χ1n) is 10.7. The summed E-state index contributed by atoms with van der Waals surface area (Å²) in [5, 5.41) is 3.26. The molecule has 1 aromatic carbocycles. The number of amides is 1. The SMILES string of the molecule is CC(C)(C)C(CN1CCc2ccccc2C1)NC(=O)CCOCC1CCCO1. The van der Waals surface area contributed by atoms with Crippen LogP contribution >= 0.6 is 0 Å². The molecule has 0 saturated carbocycles. The second-order valence-electron chi connectivity index (χ2n) is 9.20. The number of carbonyl (C=O) groups excluding carboxylic acids is 1. The van der Waals surface area contributed by atoms with Crippen LogP contribution in [-0.2, 0) is 27.2 Å². The van der Waals surface area contributed by atoms with Crippen molar-refractivity contribution in [2.24, 2.45) is 5.41 Å². The Morgan fingerprint density at radius 2 is 2.11 bits per heavy atom. The third kappa shape index (κ3) is 6.29. The van der Waals surface area contributed by atoms with Gasteiger partial charge in [0.1, 0.15) is 0 Å². The van der Waals surface area contributed by atoms with Gasteiger partial charge in [-0.3, -0.25) is 9.69 Å². The number of fused-ring (bicyclic) bond motifs is 1. The van der Waals surface area contributed by atoms with E-state index in [-0.39, 0.29) is 23.5 Å². The number of ether oxygens (including phenoxy) is 2. The molecule has 2 heterocycles. The molecule has 2 unspecified atom stereocenters. The van der Waals surface area contributed by atoms with Gasteiger partial charge in [0.15, 0.2) is 0 Å². The average Bonchev–Trinajstić information content (AvgIpc) is 3.17. The van der Waals surface area contributed by atoms with E-state index in [1.54, 1.807) is 0 Å². The Balaban J connectivity index is 1.45. The zero-order valence-electron chi connectivity index (χ0n) is 17.7. The first-order chi connectivity index (χ1) is 13.4. The molecular weight excluding hydrogens is 352 g/mol. The molecule has 0 aromatic heterocycles. The lowest BCUT2D eigenvalue weighted by Crippen LogP contribution is -2.51. The number of hydrogen-bond acceptors (Lipinski definition) is 4. The molecular formula is C23H36N2O3. The monoisotopic (exact) mass is 388 g/mol. The van der Waals surface area contributed by atoms with Crippen molar-refractivity contribution in [3.8, 4) is 0 Å². The first-order valence-corrected chi connectivity index (χ1v) is 10.7. The molecule has 28 heavy (non-hydrogen) atoms. The smallest absolute Gasteiger partial charge is 0.222 e. The number of nitrogens with zero attached hydrogens (tertiary/aromatic N) is 1. The lowest BCUT2D eigenvalue weighted by molar-refractivity contribution is -0.124. The third-order valence-electron chi connectivity index (χ3n) is 5.83. The molecule has 0 aliphatic carbocycles. The van der Waals surface area contributed by atoms with Gasteiger partial charge in [-0.05, 0) is 35.8 Å². The van der Waals surface area contributed by atoms with E-state index in [1.807, 2.05) is 0 Å². The van der Waals surface area contributed by atoms with Gasteiger partial charge in [-0.2, -0.15) is 0 Å². The first kappa shape index (κ1) is 21.3. The molecule has 2 atom stereocenters. The maximum absolute atomic E-state index is 12.5. The normalized spacial score (nSPS) is 21.3. The van der Waals surface area contributed by atoms with Gasteiger partial charge in [0, 0.05) is 38.7 Å². The van der Waals surface area contributed by atoms with E-state index in [9.17, 15) is 4.79 Å². The second kappa shape index (κ2) is 9.86. The van der Waals surface area contributed by atoms with E-state index in [1.165, 1.54) is 11.1 Å². The minimum Gasteiger partial charge on any atom is -0.378 e. The highest BCUT2D eigenvalue weighted by atomic mass is 16.5. The van der Waals surface area contributed by atoms with Crippen molar-refractivity contribution in [2.45, 2.75) is 65.1 Å². The Hall–Kier alpha value is -1.43. The fraction of sp³-hybridized carbons (Fsp3) is 0.696. The fourth-order valence-electron chi connectivity index (χ4n) is 3.93. The molecule has 1 fully saturated rings. The highest BCUT2D eigenvalue weighted by molar-refractivity contribution is 5.76. The Labute approximate surface area is 169 Å². The Morgan fingerprint density at radius 1 is 1.32 bits per heavy atom. The van der Waals surface area contributed by atoms with E-state index in [0.29, 0.717) is 19.6 Å². The molecule has 1 amide bonds. The van der Waals surface area contributed by atoms with E-state index in [2.05, 4.69) is 55.3 Å². The van der Waals surface area contributed by atoms with Crippen molar-refractivity contribution in [3.63, 3.8) is 0 Å². The van der Waals surface area contributed by atoms with Gasteiger partial charge in [-0.25, -0.2) is 0 Å². The molecule has 5 heteroatoms. The minimum absolute atomic E-state index is 0.00513. The Bertz CT molecular complexity index is 635. The van der Waals surface area contributed by atoms with Crippen LogP contribution < -0.4 is 5.32 Å². The maximum atomic E-state index is 12.5. The molecule has 0 bridgehead atoms.